The van der Waals surface area contributed by atoms with Crippen molar-refractivity contribution in [3.05, 3.63) is 70.2 Å². The van der Waals surface area contributed by atoms with Crippen molar-refractivity contribution < 1.29 is 9.53 Å². The highest BCUT2D eigenvalue weighted by atomic mass is 32.1. The molecule has 5 nitrogen and oxygen atoms in total. The highest BCUT2D eigenvalue weighted by molar-refractivity contribution is 7.07. The summed E-state index contributed by atoms with van der Waals surface area (Å²) < 4.78 is 5.79. The Morgan fingerprint density at radius 3 is 2.73 bits per heavy atom. The molecule has 3 rings (SSSR count). The number of benzene rings is 2. The Morgan fingerprint density at radius 1 is 1.23 bits per heavy atom. The highest BCUT2D eigenvalue weighted by Crippen LogP contribution is 2.24. The smallest absolute Gasteiger partial charge is 0.259 e. The fraction of sp³-hybridized carbons (Fsp3) is 0.200. The lowest BCUT2D eigenvalue weighted by Crippen LogP contribution is -2.15. The van der Waals surface area contributed by atoms with Gasteiger partial charge in [-0.25, -0.2) is 4.98 Å². The molecule has 0 saturated heterocycles. The number of rotatable bonds is 6. The lowest BCUT2D eigenvalue weighted by atomic mass is 10.1. The molecule has 134 valence electrons. The van der Waals surface area contributed by atoms with Crippen LogP contribution in [0, 0.1) is 6.92 Å². The van der Waals surface area contributed by atoms with Gasteiger partial charge in [0.25, 0.3) is 5.91 Å². The number of carbonyl (C=O) groups excluding carboxylic acids is 1. The van der Waals surface area contributed by atoms with E-state index in [2.05, 4.69) is 10.3 Å². The van der Waals surface area contributed by atoms with E-state index in [4.69, 9.17) is 4.74 Å². The van der Waals surface area contributed by atoms with E-state index in [9.17, 15) is 4.79 Å². The van der Waals surface area contributed by atoms with E-state index in [0.717, 1.165) is 22.6 Å². The number of thiazole rings is 1. The van der Waals surface area contributed by atoms with Gasteiger partial charge in [-0.15, -0.1) is 11.3 Å². The average Bonchev–Trinajstić information content (AvgIpc) is 3.13. The van der Waals surface area contributed by atoms with Crippen LogP contribution >= 0.6 is 11.3 Å². The summed E-state index contributed by atoms with van der Waals surface area (Å²) in [5.41, 5.74) is 6.08. The van der Waals surface area contributed by atoms with Crippen molar-refractivity contribution in [2.45, 2.75) is 13.5 Å². The van der Waals surface area contributed by atoms with Gasteiger partial charge in [0.05, 0.1) is 16.8 Å². The molecule has 1 amide bonds. The number of carbonyl (C=O) groups is 1. The Kier molecular flexibility index (Phi) is 5.53. The molecule has 0 fully saturated rings. The second kappa shape index (κ2) is 8.01. The predicted molar refractivity (Wildman–Crippen MR) is 106 cm³/mol. The lowest BCUT2D eigenvalue weighted by Gasteiger charge is -2.17. The van der Waals surface area contributed by atoms with Gasteiger partial charge >= 0.3 is 0 Å². The molecule has 0 saturated carbocycles. The summed E-state index contributed by atoms with van der Waals surface area (Å²) in [6.07, 6.45) is 0. The summed E-state index contributed by atoms with van der Waals surface area (Å²) >= 11 is 1.52. The molecular formula is C20H21N3O2S. The molecule has 1 N–H and O–H groups in total. The number of amides is 1. The molecule has 0 radical (unpaired) electrons. The van der Waals surface area contributed by atoms with Gasteiger partial charge in [-0.3, -0.25) is 4.79 Å². The minimum Gasteiger partial charge on any atom is -0.486 e. The van der Waals surface area contributed by atoms with Crippen LogP contribution in [-0.2, 0) is 6.61 Å². The van der Waals surface area contributed by atoms with Crippen LogP contribution in [0.4, 0.5) is 11.4 Å². The van der Waals surface area contributed by atoms with E-state index in [1.54, 1.807) is 17.6 Å². The fourth-order valence-electron chi connectivity index (χ4n) is 2.67. The number of hydrogen-bond donors (Lipinski definition) is 1. The number of aromatic nitrogens is 1. The maximum atomic E-state index is 12.7. The third-order valence-corrected chi connectivity index (χ3v) is 4.56. The van der Waals surface area contributed by atoms with Gasteiger partial charge in [0.15, 0.2) is 0 Å². The number of anilines is 2. The van der Waals surface area contributed by atoms with Gasteiger partial charge in [-0.2, -0.15) is 0 Å². The zero-order chi connectivity index (χ0) is 18.5. The number of para-hydroxylation sites is 1. The molecule has 3 aromatic rings. The van der Waals surface area contributed by atoms with Crippen molar-refractivity contribution in [2.24, 2.45) is 0 Å². The maximum Gasteiger partial charge on any atom is 0.259 e. The van der Waals surface area contributed by atoms with Crippen molar-refractivity contribution in [3.63, 3.8) is 0 Å². The van der Waals surface area contributed by atoms with Crippen LogP contribution in [0.3, 0.4) is 0 Å². The molecule has 0 aliphatic heterocycles. The van der Waals surface area contributed by atoms with Crippen molar-refractivity contribution in [3.8, 4) is 5.75 Å². The topological polar surface area (TPSA) is 54.5 Å². The minimum atomic E-state index is -0.198. The molecule has 0 aliphatic carbocycles. The van der Waals surface area contributed by atoms with Gasteiger partial charge in [0.1, 0.15) is 12.4 Å². The van der Waals surface area contributed by atoms with E-state index in [0.29, 0.717) is 17.9 Å². The summed E-state index contributed by atoms with van der Waals surface area (Å²) in [7, 11) is 3.99. The monoisotopic (exact) mass is 367 g/mol. The van der Waals surface area contributed by atoms with E-state index < -0.39 is 0 Å². The average molecular weight is 367 g/mol. The van der Waals surface area contributed by atoms with E-state index in [1.165, 1.54) is 11.3 Å². The molecule has 1 heterocycles. The first-order chi connectivity index (χ1) is 12.5. The molecule has 0 aliphatic rings. The number of nitrogens with one attached hydrogen (secondary N) is 1. The normalized spacial score (nSPS) is 10.4. The zero-order valence-electron chi connectivity index (χ0n) is 15.0. The van der Waals surface area contributed by atoms with Crippen molar-refractivity contribution in [2.75, 3.05) is 24.3 Å². The SMILES string of the molecule is Cc1cc(NC(=O)c2ccccc2OCc2cscn2)ccc1N(C)C. The second-order valence-corrected chi connectivity index (χ2v) is 6.83. The van der Waals surface area contributed by atoms with Gasteiger partial charge in [0.2, 0.25) is 0 Å². The Bertz CT molecular complexity index is 892. The van der Waals surface area contributed by atoms with E-state index >= 15 is 0 Å². The largest absolute Gasteiger partial charge is 0.486 e. The van der Waals surface area contributed by atoms with Crippen molar-refractivity contribution >= 4 is 28.6 Å². The predicted octanol–water partition coefficient (Wildman–Crippen LogP) is 4.35. The number of hydrogen-bond acceptors (Lipinski definition) is 5. The molecule has 26 heavy (non-hydrogen) atoms. The molecular weight excluding hydrogens is 346 g/mol. The highest BCUT2D eigenvalue weighted by Gasteiger charge is 2.13. The Hall–Kier alpha value is -2.86. The van der Waals surface area contributed by atoms with Crippen LogP contribution < -0.4 is 15.0 Å². The summed E-state index contributed by atoms with van der Waals surface area (Å²) in [4.78, 5) is 19.0. The summed E-state index contributed by atoms with van der Waals surface area (Å²) in [6, 6.07) is 13.1. The van der Waals surface area contributed by atoms with Gasteiger partial charge in [-0.1, -0.05) is 12.1 Å². The fourth-order valence-corrected chi connectivity index (χ4v) is 3.22. The molecule has 0 atom stereocenters. The van der Waals surface area contributed by atoms with Crippen molar-refractivity contribution in [1.29, 1.82) is 0 Å². The number of aryl methyl sites for hydroxylation is 1. The van der Waals surface area contributed by atoms with Gasteiger partial charge in [0, 0.05) is 30.9 Å². The third kappa shape index (κ3) is 4.21. The van der Waals surface area contributed by atoms with Crippen LogP contribution in [0.5, 0.6) is 5.75 Å². The summed E-state index contributed by atoms with van der Waals surface area (Å²) in [5, 5.41) is 4.88. The molecule has 0 unspecified atom stereocenters. The lowest BCUT2D eigenvalue weighted by molar-refractivity contribution is 0.102. The molecule has 6 heteroatoms. The van der Waals surface area contributed by atoms with Crippen molar-refractivity contribution in [1.82, 2.24) is 4.98 Å². The molecule has 0 spiro atoms. The standard InChI is InChI=1S/C20H21N3O2S/c1-14-10-15(8-9-18(14)23(2)3)22-20(24)17-6-4-5-7-19(17)25-11-16-12-26-13-21-16/h4-10,12-13H,11H2,1-3H3,(H,22,24). The summed E-state index contributed by atoms with van der Waals surface area (Å²) in [6.45, 7) is 2.36. The van der Waals surface area contributed by atoms with Gasteiger partial charge in [-0.05, 0) is 42.8 Å². The molecule has 1 aromatic heterocycles. The summed E-state index contributed by atoms with van der Waals surface area (Å²) in [5.74, 6) is 0.343. The minimum absolute atomic E-state index is 0.198. The van der Waals surface area contributed by atoms with Crippen LogP contribution in [0.1, 0.15) is 21.6 Å². The number of nitrogens with zero attached hydrogens (tertiary/aromatic N) is 2. The first kappa shape index (κ1) is 17.9. The quantitative estimate of drug-likeness (QED) is 0.704. The van der Waals surface area contributed by atoms with Gasteiger partial charge < -0.3 is 15.0 Å². The Morgan fingerprint density at radius 2 is 2.04 bits per heavy atom. The maximum absolute atomic E-state index is 12.7. The van der Waals surface area contributed by atoms with Crippen LogP contribution in [0.15, 0.2) is 53.4 Å². The van der Waals surface area contributed by atoms with E-state index in [-0.39, 0.29) is 5.91 Å². The Labute approximate surface area is 157 Å². The van der Waals surface area contributed by atoms with Crippen LogP contribution in [0.2, 0.25) is 0 Å². The molecule has 0 bridgehead atoms. The van der Waals surface area contributed by atoms with Crippen LogP contribution in [0.25, 0.3) is 0 Å². The Balaban J connectivity index is 1.74. The third-order valence-electron chi connectivity index (χ3n) is 3.93. The number of ether oxygens (including phenoxy) is 1. The van der Waals surface area contributed by atoms with E-state index in [1.807, 2.05) is 61.6 Å². The molecule has 2 aromatic carbocycles. The first-order valence-electron chi connectivity index (χ1n) is 8.23. The first-order valence-corrected chi connectivity index (χ1v) is 9.17. The zero-order valence-corrected chi connectivity index (χ0v) is 15.8. The van der Waals surface area contributed by atoms with Crippen LogP contribution in [-0.4, -0.2) is 25.0 Å². The second-order valence-electron chi connectivity index (χ2n) is 6.11.